The van der Waals surface area contributed by atoms with Crippen LogP contribution >= 0.6 is 23.7 Å². The predicted molar refractivity (Wildman–Crippen MR) is 105 cm³/mol. The van der Waals surface area contributed by atoms with Crippen molar-refractivity contribution in [1.29, 1.82) is 5.26 Å². The Balaban J connectivity index is 0.00000210. The van der Waals surface area contributed by atoms with E-state index >= 15 is 0 Å². The van der Waals surface area contributed by atoms with Gasteiger partial charge in [-0.3, -0.25) is 9.69 Å². The van der Waals surface area contributed by atoms with E-state index < -0.39 is 5.91 Å². The maximum absolute atomic E-state index is 12.2. The summed E-state index contributed by atoms with van der Waals surface area (Å²) in [6.45, 7) is 2.55. The van der Waals surface area contributed by atoms with Gasteiger partial charge < -0.3 is 9.84 Å². The van der Waals surface area contributed by atoms with Crippen LogP contribution in [0.15, 0.2) is 47.1 Å². The van der Waals surface area contributed by atoms with E-state index in [2.05, 4.69) is 33.6 Å². The lowest BCUT2D eigenvalue weighted by molar-refractivity contribution is 0.0988. The number of anilines is 1. The van der Waals surface area contributed by atoms with Crippen LogP contribution in [0.2, 0.25) is 0 Å². The summed E-state index contributed by atoms with van der Waals surface area (Å²) in [6.07, 6.45) is 2.22. The van der Waals surface area contributed by atoms with Crippen LogP contribution in [0.25, 0.3) is 0 Å². The van der Waals surface area contributed by atoms with E-state index in [-0.39, 0.29) is 18.2 Å². The molecule has 0 bridgehead atoms. The highest BCUT2D eigenvalue weighted by molar-refractivity contribution is 7.16. The normalized spacial score (nSPS) is 13.3. The highest BCUT2D eigenvalue weighted by Gasteiger charge is 2.26. The number of carbonyl (C=O) groups excluding carboxylic acids is 1. The zero-order valence-corrected chi connectivity index (χ0v) is 16.0. The van der Waals surface area contributed by atoms with Gasteiger partial charge in [-0.05, 0) is 17.5 Å². The van der Waals surface area contributed by atoms with Crippen molar-refractivity contribution in [3.8, 4) is 6.07 Å². The standard InChI is InChI=1S/C19H16N4O2S.ClH/c20-10-15-14-7-9-23(11-13-4-2-1-3-5-13)12-17(14)26-19(15)22-18(24)16-6-8-21-25-16;/h1-6,8H,7,9,11-12H2,(H,22,24);1H. The number of hydrogen-bond acceptors (Lipinski definition) is 6. The first-order valence-corrected chi connectivity index (χ1v) is 9.09. The van der Waals surface area contributed by atoms with Crippen molar-refractivity contribution in [2.45, 2.75) is 19.5 Å². The first-order valence-electron chi connectivity index (χ1n) is 8.27. The number of amides is 1. The maximum atomic E-state index is 12.2. The average Bonchev–Trinajstić information content (AvgIpc) is 3.29. The Morgan fingerprint density at radius 1 is 1.33 bits per heavy atom. The van der Waals surface area contributed by atoms with Gasteiger partial charge in [0.2, 0.25) is 5.76 Å². The van der Waals surface area contributed by atoms with E-state index in [4.69, 9.17) is 4.52 Å². The van der Waals surface area contributed by atoms with Crippen LogP contribution in [0, 0.1) is 11.3 Å². The van der Waals surface area contributed by atoms with Gasteiger partial charge in [-0.15, -0.1) is 23.7 Å². The zero-order chi connectivity index (χ0) is 17.9. The Bertz CT molecular complexity index is 964. The monoisotopic (exact) mass is 400 g/mol. The topological polar surface area (TPSA) is 82.2 Å². The van der Waals surface area contributed by atoms with Gasteiger partial charge in [-0.2, -0.15) is 5.26 Å². The van der Waals surface area contributed by atoms with E-state index in [9.17, 15) is 10.1 Å². The van der Waals surface area contributed by atoms with Gasteiger partial charge in [0, 0.05) is 30.6 Å². The zero-order valence-electron chi connectivity index (χ0n) is 14.3. The number of nitrogens with one attached hydrogen (secondary N) is 1. The van der Waals surface area contributed by atoms with Gasteiger partial charge >= 0.3 is 0 Å². The smallest absolute Gasteiger partial charge is 0.294 e. The molecule has 4 rings (SSSR count). The fourth-order valence-corrected chi connectivity index (χ4v) is 4.37. The van der Waals surface area contributed by atoms with Crippen LogP contribution in [0.1, 0.15) is 32.1 Å². The largest absolute Gasteiger partial charge is 0.351 e. The minimum Gasteiger partial charge on any atom is -0.351 e. The van der Waals surface area contributed by atoms with Crippen LogP contribution in [-0.2, 0) is 19.5 Å². The number of halogens is 1. The Morgan fingerprint density at radius 2 is 2.15 bits per heavy atom. The molecule has 0 saturated heterocycles. The summed E-state index contributed by atoms with van der Waals surface area (Å²) >= 11 is 1.47. The lowest BCUT2D eigenvalue weighted by Gasteiger charge is -2.26. The fraction of sp³-hybridized carbons (Fsp3) is 0.211. The number of benzene rings is 1. The second-order valence-electron chi connectivity index (χ2n) is 6.10. The highest BCUT2D eigenvalue weighted by Crippen LogP contribution is 2.37. The van der Waals surface area contributed by atoms with Crippen LogP contribution in [-0.4, -0.2) is 22.5 Å². The number of fused-ring (bicyclic) bond motifs is 1. The number of aromatic nitrogens is 1. The molecule has 2 aromatic heterocycles. The van der Waals surface area contributed by atoms with Gasteiger partial charge in [0.05, 0.1) is 11.8 Å². The summed E-state index contributed by atoms with van der Waals surface area (Å²) in [5.74, 6) is -0.260. The molecule has 1 aromatic carbocycles. The summed E-state index contributed by atoms with van der Waals surface area (Å²) in [7, 11) is 0. The van der Waals surface area contributed by atoms with Crippen molar-refractivity contribution in [1.82, 2.24) is 10.1 Å². The third-order valence-corrected chi connectivity index (χ3v) is 5.52. The molecule has 3 heterocycles. The van der Waals surface area contributed by atoms with Crippen LogP contribution in [0.4, 0.5) is 5.00 Å². The maximum Gasteiger partial charge on any atom is 0.294 e. The molecule has 27 heavy (non-hydrogen) atoms. The van der Waals surface area contributed by atoms with E-state index in [1.165, 1.54) is 29.2 Å². The number of carbonyl (C=O) groups is 1. The predicted octanol–water partition coefficient (Wildman–Crippen LogP) is 3.84. The summed E-state index contributed by atoms with van der Waals surface area (Å²) in [5, 5.41) is 16.5. The molecule has 0 spiro atoms. The number of rotatable bonds is 4. The molecule has 0 unspecified atom stereocenters. The van der Waals surface area contributed by atoms with Gasteiger partial charge in [-0.1, -0.05) is 35.5 Å². The average molecular weight is 401 g/mol. The number of nitriles is 1. The lowest BCUT2D eigenvalue weighted by atomic mass is 10.0. The van der Waals surface area contributed by atoms with E-state index in [0.717, 1.165) is 36.5 Å². The molecule has 0 radical (unpaired) electrons. The summed E-state index contributed by atoms with van der Waals surface area (Å²) in [5.41, 5.74) is 2.89. The molecule has 0 aliphatic carbocycles. The fourth-order valence-electron chi connectivity index (χ4n) is 3.14. The number of thiophene rings is 1. The molecule has 6 nitrogen and oxygen atoms in total. The Hall–Kier alpha value is -2.66. The van der Waals surface area contributed by atoms with Crippen LogP contribution in [0.3, 0.4) is 0 Å². The molecule has 1 N–H and O–H groups in total. The molecule has 1 aliphatic heterocycles. The minimum absolute atomic E-state index is 0. The Labute approximate surface area is 166 Å². The van der Waals surface area contributed by atoms with Gasteiger partial charge in [0.1, 0.15) is 11.1 Å². The Kier molecular flexibility index (Phi) is 5.91. The molecule has 8 heteroatoms. The quantitative estimate of drug-likeness (QED) is 0.719. The van der Waals surface area contributed by atoms with Crippen molar-refractivity contribution in [3.63, 3.8) is 0 Å². The van der Waals surface area contributed by atoms with Crippen molar-refractivity contribution in [2.75, 3.05) is 11.9 Å². The van der Waals surface area contributed by atoms with Crippen molar-refractivity contribution >= 4 is 34.7 Å². The molecule has 0 fully saturated rings. The molecular weight excluding hydrogens is 384 g/mol. The van der Waals surface area contributed by atoms with Gasteiger partial charge in [0.25, 0.3) is 5.91 Å². The summed E-state index contributed by atoms with van der Waals surface area (Å²) in [6, 6.07) is 14.1. The second kappa shape index (κ2) is 8.35. The van der Waals surface area contributed by atoms with E-state index in [1.807, 2.05) is 18.2 Å². The number of hydrogen-bond donors (Lipinski definition) is 1. The molecule has 3 aromatic rings. The van der Waals surface area contributed by atoms with Crippen LogP contribution < -0.4 is 5.32 Å². The Morgan fingerprint density at radius 3 is 2.85 bits per heavy atom. The highest BCUT2D eigenvalue weighted by atomic mass is 35.5. The van der Waals surface area contributed by atoms with Crippen molar-refractivity contribution < 1.29 is 9.32 Å². The van der Waals surface area contributed by atoms with Gasteiger partial charge in [-0.25, -0.2) is 0 Å². The summed E-state index contributed by atoms with van der Waals surface area (Å²) < 4.78 is 4.88. The molecule has 0 saturated carbocycles. The molecule has 138 valence electrons. The molecule has 1 aliphatic rings. The van der Waals surface area contributed by atoms with Crippen molar-refractivity contribution in [3.05, 3.63) is 69.9 Å². The third-order valence-electron chi connectivity index (χ3n) is 4.39. The second-order valence-corrected chi connectivity index (χ2v) is 7.20. The van der Waals surface area contributed by atoms with Gasteiger partial charge in [0.15, 0.2) is 0 Å². The minimum atomic E-state index is -0.390. The molecule has 1 amide bonds. The first-order chi connectivity index (χ1) is 12.7. The first kappa shape index (κ1) is 19.1. The lowest BCUT2D eigenvalue weighted by Crippen LogP contribution is -2.29. The molecule has 0 atom stereocenters. The SMILES string of the molecule is Cl.N#Cc1c(NC(=O)c2ccno2)sc2c1CCN(Cc1ccccc1)C2. The molecular formula is C19H17ClN4O2S. The van der Waals surface area contributed by atoms with Crippen LogP contribution in [0.5, 0.6) is 0 Å². The summed E-state index contributed by atoms with van der Waals surface area (Å²) in [4.78, 5) is 15.7. The van der Waals surface area contributed by atoms with Crippen molar-refractivity contribution in [2.24, 2.45) is 0 Å². The van der Waals surface area contributed by atoms with E-state index in [1.54, 1.807) is 0 Å². The number of nitrogens with zero attached hydrogens (tertiary/aromatic N) is 3. The van der Waals surface area contributed by atoms with E-state index in [0.29, 0.717) is 10.6 Å². The third kappa shape index (κ3) is 4.03.